The smallest absolute Gasteiger partial charge is 0.0638 e. The van der Waals surface area contributed by atoms with E-state index in [9.17, 15) is 0 Å². The van der Waals surface area contributed by atoms with Crippen LogP contribution in [0.4, 0.5) is 0 Å². The number of hydrogen-bond donors (Lipinski definition) is 1. The standard InChI is InChI=1S/C14H27N3/c1-11(2)15-9-13-10-17(16-12(13)3)8-7-14(4,5)6/h10-11,15H,7-9H2,1-6H3. The number of aromatic nitrogens is 2. The summed E-state index contributed by atoms with van der Waals surface area (Å²) in [6.45, 7) is 15.1. The number of nitrogens with one attached hydrogen (secondary N) is 1. The van der Waals surface area contributed by atoms with Gasteiger partial charge in [-0.25, -0.2) is 0 Å². The van der Waals surface area contributed by atoms with Crippen molar-refractivity contribution in [2.24, 2.45) is 5.41 Å². The van der Waals surface area contributed by atoms with Crippen LogP contribution in [-0.2, 0) is 13.1 Å². The molecule has 0 aliphatic rings. The second-order valence-electron chi connectivity index (χ2n) is 6.35. The van der Waals surface area contributed by atoms with Crippen molar-refractivity contribution in [3.05, 3.63) is 17.5 Å². The molecular formula is C14H27N3. The lowest BCUT2D eigenvalue weighted by Crippen LogP contribution is -2.21. The van der Waals surface area contributed by atoms with Gasteiger partial charge in [-0.1, -0.05) is 34.6 Å². The zero-order valence-electron chi connectivity index (χ0n) is 12.2. The minimum atomic E-state index is 0.371. The molecule has 0 saturated carbocycles. The average molecular weight is 237 g/mol. The topological polar surface area (TPSA) is 29.9 Å². The molecule has 0 unspecified atom stereocenters. The molecule has 0 aromatic carbocycles. The molecule has 0 saturated heterocycles. The van der Waals surface area contributed by atoms with Gasteiger partial charge < -0.3 is 5.32 Å². The van der Waals surface area contributed by atoms with Crippen molar-refractivity contribution in [1.82, 2.24) is 15.1 Å². The fourth-order valence-electron chi connectivity index (χ4n) is 1.61. The lowest BCUT2D eigenvalue weighted by molar-refractivity contribution is 0.340. The highest BCUT2D eigenvalue weighted by molar-refractivity contribution is 5.15. The Morgan fingerprint density at radius 3 is 2.53 bits per heavy atom. The molecule has 1 heterocycles. The predicted molar refractivity (Wildman–Crippen MR) is 73.0 cm³/mol. The Hall–Kier alpha value is -0.830. The molecule has 0 radical (unpaired) electrons. The van der Waals surface area contributed by atoms with Gasteiger partial charge in [0, 0.05) is 30.9 Å². The highest BCUT2D eigenvalue weighted by Gasteiger charge is 2.11. The van der Waals surface area contributed by atoms with Gasteiger partial charge >= 0.3 is 0 Å². The van der Waals surface area contributed by atoms with Crippen molar-refractivity contribution in [3.63, 3.8) is 0 Å². The van der Waals surface area contributed by atoms with Crippen molar-refractivity contribution in [2.75, 3.05) is 0 Å². The molecule has 1 rings (SSSR count). The first kappa shape index (κ1) is 14.2. The Balaban J connectivity index is 2.55. The van der Waals surface area contributed by atoms with Crippen LogP contribution in [0.5, 0.6) is 0 Å². The third-order valence-electron chi connectivity index (χ3n) is 2.84. The molecule has 3 heteroatoms. The molecule has 3 nitrogen and oxygen atoms in total. The molecule has 0 fully saturated rings. The van der Waals surface area contributed by atoms with Gasteiger partial charge in [-0.3, -0.25) is 4.68 Å². The van der Waals surface area contributed by atoms with Crippen molar-refractivity contribution in [2.45, 2.75) is 67.1 Å². The van der Waals surface area contributed by atoms with Crippen molar-refractivity contribution in [1.29, 1.82) is 0 Å². The zero-order chi connectivity index (χ0) is 13.1. The largest absolute Gasteiger partial charge is 0.310 e. The monoisotopic (exact) mass is 237 g/mol. The van der Waals surface area contributed by atoms with Crippen molar-refractivity contribution in [3.8, 4) is 0 Å². The first-order chi connectivity index (χ1) is 7.78. The van der Waals surface area contributed by atoms with Gasteiger partial charge in [0.2, 0.25) is 0 Å². The Morgan fingerprint density at radius 2 is 2.00 bits per heavy atom. The van der Waals surface area contributed by atoms with Crippen molar-refractivity contribution >= 4 is 0 Å². The summed E-state index contributed by atoms with van der Waals surface area (Å²) in [6.07, 6.45) is 3.33. The lowest BCUT2D eigenvalue weighted by atomic mass is 9.92. The highest BCUT2D eigenvalue weighted by Crippen LogP contribution is 2.19. The van der Waals surface area contributed by atoms with Gasteiger partial charge in [-0.05, 0) is 18.8 Å². The van der Waals surface area contributed by atoms with Crippen LogP contribution in [0.25, 0.3) is 0 Å². The molecule has 1 N–H and O–H groups in total. The number of aryl methyl sites for hydroxylation is 2. The summed E-state index contributed by atoms with van der Waals surface area (Å²) in [4.78, 5) is 0. The SMILES string of the molecule is Cc1nn(CCC(C)(C)C)cc1CNC(C)C. The summed E-state index contributed by atoms with van der Waals surface area (Å²) < 4.78 is 2.08. The van der Waals surface area contributed by atoms with E-state index in [0.29, 0.717) is 11.5 Å². The predicted octanol–water partition coefficient (Wildman–Crippen LogP) is 3.13. The van der Waals surface area contributed by atoms with E-state index in [4.69, 9.17) is 0 Å². The van der Waals surface area contributed by atoms with Crippen LogP contribution in [0.3, 0.4) is 0 Å². The van der Waals surface area contributed by atoms with E-state index in [-0.39, 0.29) is 0 Å². The summed E-state index contributed by atoms with van der Waals surface area (Å²) in [6, 6.07) is 0.521. The number of rotatable bonds is 5. The van der Waals surface area contributed by atoms with Gasteiger partial charge in [-0.2, -0.15) is 5.10 Å². The molecule has 0 bridgehead atoms. The molecular weight excluding hydrogens is 210 g/mol. The van der Waals surface area contributed by atoms with E-state index >= 15 is 0 Å². The normalized spacial score (nSPS) is 12.4. The first-order valence-electron chi connectivity index (χ1n) is 6.54. The van der Waals surface area contributed by atoms with Crippen LogP contribution in [0.2, 0.25) is 0 Å². The molecule has 1 aromatic rings. The third kappa shape index (κ3) is 5.35. The van der Waals surface area contributed by atoms with E-state index in [0.717, 1.165) is 25.2 Å². The maximum atomic E-state index is 4.57. The maximum absolute atomic E-state index is 4.57. The lowest BCUT2D eigenvalue weighted by Gasteiger charge is -2.17. The Labute approximate surface area is 106 Å². The minimum Gasteiger partial charge on any atom is -0.310 e. The zero-order valence-corrected chi connectivity index (χ0v) is 12.2. The Morgan fingerprint density at radius 1 is 1.35 bits per heavy atom. The molecule has 98 valence electrons. The van der Waals surface area contributed by atoms with E-state index in [1.165, 1.54) is 5.56 Å². The quantitative estimate of drug-likeness (QED) is 0.852. The average Bonchev–Trinajstić information content (AvgIpc) is 2.52. The van der Waals surface area contributed by atoms with Gasteiger partial charge in [0.1, 0.15) is 0 Å². The van der Waals surface area contributed by atoms with Crippen LogP contribution in [-0.4, -0.2) is 15.8 Å². The molecule has 0 amide bonds. The fourth-order valence-corrected chi connectivity index (χ4v) is 1.61. The molecule has 0 spiro atoms. The summed E-state index contributed by atoms with van der Waals surface area (Å²) in [5.74, 6) is 0. The Bertz CT molecular complexity index is 345. The van der Waals surface area contributed by atoms with Crippen molar-refractivity contribution < 1.29 is 0 Å². The summed E-state index contributed by atoms with van der Waals surface area (Å²) in [7, 11) is 0. The van der Waals surface area contributed by atoms with Gasteiger partial charge in [0.25, 0.3) is 0 Å². The Kier molecular flexibility index (Phi) is 4.75. The molecule has 1 aromatic heterocycles. The van der Waals surface area contributed by atoms with Crippen LogP contribution >= 0.6 is 0 Å². The minimum absolute atomic E-state index is 0.371. The second kappa shape index (κ2) is 5.67. The number of hydrogen-bond acceptors (Lipinski definition) is 2. The van der Waals surface area contributed by atoms with E-state index < -0.39 is 0 Å². The molecule has 0 aliphatic carbocycles. The van der Waals surface area contributed by atoms with Crippen LogP contribution in [0.1, 0.15) is 52.3 Å². The summed E-state index contributed by atoms with van der Waals surface area (Å²) in [5.41, 5.74) is 2.83. The van der Waals surface area contributed by atoms with E-state index in [2.05, 4.69) is 62.8 Å². The molecule has 0 atom stereocenters. The van der Waals surface area contributed by atoms with E-state index in [1.54, 1.807) is 0 Å². The maximum Gasteiger partial charge on any atom is 0.0638 e. The number of nitrogens with zero attached hydrogens (tertiary/aromatic N) is 2. The van der Waals surface area contributed by atoms with Crippen LogP contribution in [0, 0.1) is 12.3 Å². The van der Waals surface area contributed by atoms with E-state index in [1.807, 2.05) is 0 Å². The summed E-state index contributed by atoms with van der Waals surface area (Å²) >= 11 is 0. The second-order valence-corrected chi connectivity index (χ2v) is 6.35. The molecule has 0 aliphatic heterocycles. The third-order valence-corrected chi connectivity index (χ3v) is 2.84. The van der Waals surface area contributed by atoms with Gasteiger partial charge in [0.15, 0.2) is 0 Å². The first-order valence-corrected chi connectivity index (χ1v) is 6.54. The van der Waals surface area contributed by atoms with Gasteiger partial charge in [0.05, 0.1) is 5.69 Å². The summed E-state index contributed by atoms with van der Waals surface area (Å²) in [5, 5.41) is 8.00. The van der Waals surface area contributed by atoms with Gasteiger partial charge in [-0.15, -0.1) is 0 Å². The molecule has 17 heavy (non-hydrogen) atoms. The fraction of sp³-hybridized carbons (Fsp3) is 0.786. The highest BCUT2D eigenvalue weighted by atomic mass is 15.3. The van der Waals surface area contributed by atoms with Crippen LogP contribution < -0.4 is 5.32 Å². The van der Waals surface area contributed by atoms with Crippen LogP contribution in [0.15, 0.2) is 6.20 Å².